The number of phenolic OH excluding ortho intramolecular Hbond substituents is 1. The first-order valence-corrected chi connectivity index (χ1v) is 18.6. The first-order valence-electron chi connectivity index (χ1n) is 18.6. The Morgan fingerprint density at radius 1 is 0.564 bits per heavy atom. The maximum atomic E-state index is 12.1. The fraction of sp³-hybridized carbons (Fsp3) is 0.160. The van der Waals surface area contributed by atoms with Gasteiger partial charge in [0.2, 0.25) is 0 Å². The Balaban J connectivity index is 0.00000465. The number of hydrogen-bond acceptors (Lipinski definition) is 3. The summed E-state index contributed by atoms with van der Waals surface area (Å²) < 4.78 is 2.18. The van der Waals surface area contributed by atoms with Gasteiger partial charge < -0.3 is 5.11 Å². The van der Waals surface area contributed by atoms with E-state index in [1.807, 2.05) is 36.5 Å². The zero-order valence-corrected chi connectivity index (χ0v) is 34.3. The molecule has 4 nitrogen and oxygen atoms in total. The van der Waals surface area contributed by atoms with Gasteiger partial charge >= 0.3 is 0 Å². The third kappa shape index (κ3) is 7.44. The summed E-state index contributed by atoms with van der Waals surface area (Å²) in [4.78, 5) is 10.3. The molecule has 0 atom stereocenters. The van der Waals surface area contributed by atoms with Crippen LogP contribution in [0.15, 0.2) is 152 Å². The molecule has 0 radical (unpaired) electrons. The summed E-state index contributed by atoms with van der Waals surface area (Å²) in [5.74, 6) is 0.947. The fourth-order valence-corrected chi connectivity index (χ4v) is 7.18. The van der Waals surface area contributed by atoms with Gasteiger partial charge in [0.1, 0.15) is 11.6 Å². The molecule has 0 amide bonds. The topological polar surface area (TPSA) is 50.9 Å². The number of nitrogens with zero attached hydrogens (tertiary/aromatic N) is 3. The number of phenols is 1. The van der Waals surface area contributed by atoms with E-state index in [9.17, 15) is 5.11 Å². The Kier molecular flexibility index (Phi) is 10.2. The molecule has 5 heteroatoms. The monoisotopic (exact) mass is 897 g/mol. The molecule has 0 saturated heterocycles. The van der Waals surface area contributed by atoms with Crippen molar-refractivity contribution in [2.24, 2.45) is 0 Å². The number of aromatic nitrogens is 3. The predicted molar refractivity (Wildman–Crippen MR) is 224 cm³/mol. The predicted octanol–water partition coefficient (Wildman–Crippen LogP) is 12.9. The van der Waals surface area contributed by atoms with Crippen LogP contribution in [-0.4, -0.2) is 19.6 Å². The molecule has 8 rings (SSSR count). The van der Waals surface area contributed by atoms with Crippen LogP contribution in [0.4, 0.5) is 0 Å². The summed E-state index contributed by atoms with van der Waals surface area (Å²) in [7, 11) is 0. The van der Waals surface area contributed by atoms with Crippen LogP contribution in [0.5, 0.6) is 5.75 Å². The normalized spacial score (nSPS) is 11.7. The van der Waals surface area contributed by atoms with Gasteiger partial charge in [-0.05, 0) is 63.4 Å². The molecular formula is C50H44N3OPt-. The maximum absolute atomic E-state index is 12.1. The van der Waals surface area contributed by atoms with Gasteiger partial charge in [-0.2, -0.15) is 0 Å². The summed E-state index contributed by atoms with van der Waals surface area (Å²) >= 11 is 0. The first kappa shape index (κ1) is 37.7. The van der Waals surface area contributed by atoms with Gasteiger partial charge in [-0.15, -0.1) is 23.8 Å². The van der Waals surface area contributed by atoms with E-state index in [0.29, 0.717) is 11.4 Å². The van der Waals surface area contributed by atoms with E-state index in [1.54, 1.807) is 0 Å². The van der Waals surface area contributed by atoms with Gasteiger partial charge in [0, 0.05) is 44.2 Å². The molecule has 8 aromatic rings. The van der Waals surface area contributed by atoms with E-state index in [4.69, 9.17) is 9.97 Å². The molecule has 1 N–H and O–H groups in total. The molecule has 0 spiro atoms. The Morgan fingerprint density at radius 2 is 1.18 bits per heavy atom. The number of pyridine rings is 1. The molecule has 2 heterocycles. The molecule has 0 bridgehead atoms. The number of hydrogen-bond donors (Lipinski definition) is 1. The summed E-state index contributed by atoms with van der Waals surface area (Å²) in [6.45, 7) is 13.1. The van der Waals surface area contributed by atoms with Crippen molar-refractivity contribution >= 4 is 11.0 Å². The van der Waals surface area contributed by atoms with E-state index in [1.165, 1.54) is 0 Å². The van der Waals surface area contributed by atoms with Crippen LogP contribution in [0.3, 0.4) is 0 Å². The SMILES string of the molecule is CC(C)(C)c1cc(-c2nc3c(-c4[c-]c(-c5cc(-c6ccccc6)ccn5)cc(-c5ccccc5)c4)cccc3n2-c2ccccc2)c(O)c(C(C)(C)C)c1.[Pt]. The van der Waals surface area contributed by atoms with Crippen LogP contribution in [0.1, 0.15) is 52.7 Å². The van der Waals surface area contributed by atoms with Crippen LogP contribution in [-0.2, 0) is 31.9 Å². The van der Waals surface area contributed by atoms with Crippen molar-refractivity contribution in [2.75, 3.05) is 0 Å². The minimum atomic E-state index is -0.288. The molecule has 0 aliphatic carbocycles. The van der Waals surface area contributed by atoms with Gasteiger partial charge in [0.25, 0.3) is 0 Å². The van der Waals surface area contributed by atoms with E-state index < -0.39 is 0 Å². The van der Waals surface area contributed by atoms with Gasteiger partial charge in [0.05, 0.1) is 16.6 Å². The van der Waals surface area contributed by atoms with E-state index in [0.717, 1.165) is 72.5 Å². The van der Waals surface area contributed by atoms with Crippen molar-refractivity contribution in [3.05, 3.63) is 169 Å². The molecule has 276 valence electrons. The summed E-state index contributed by atoms with van der Waals surface area (Å²) in [5.41, 5.74) is 13.1. The molecule has 0 unspecified atom stereocenters. The summed E-state index contributed by atoms with van der Waals surface area (Å²) in [6, 6.07) is 54.1. The average molecular weight is 898 g/mol. The second-order valence-electron chi connectivity index (χ2n) is 16.1. The Bertz CT molecular complexity index is 2620. The maximum Gasteiger partial charge on any atom is 0.148 e. The molecule has 6 aromatic carbocycles. The largest absolute Gasteiger partial charge is 0.507 e. The number of imidazole rings is 1. The van der Waals surface area contributed by atoms with Crippen LogP contribution in [0.25, 0.3) is 72.7 Å². The van der Waals surface area contributed by atoms with Gasteiger partial charge in [-0.3, -0.25) is 9.55 Å². The fourth-order valence-electron chi connectivity index (χ4n) is 7.18. The van der Waals surface area contributed by atoms with Crippen molar-refractivity contribution in [3.63, 3.8) is 0 Å². The van der Waals surface area contributed by atoms with E-state index in [2.05, 4.69) is 167 Å². The number of fused-ring (bicyclic) bond motifs is 1. The molecule has 0 fully saturated rings. The van der Waals surface area contributed by atoms with Crippen molar-refractivity contribution in [1.29, 1.82) is 0 Å². The zero-order chi connectivity index (χ0) is 37.6. The quantitative estimate of drug-likeness (QED) is 0.169. The molecule has 55 heavy (non-hydrogen) atoms. The molecule has 2 aromatic heterocycles. The summed E-state index contributed by atoms with van der Waals surface area (Å²) in [5, 5.41) is 12.1. The smallest absolute Gasteiger partial charge is 0.148 e. The number of aromatic hydroxyl groups is 1. The Hall–Kier alpha value is -5.57. The van der Waals surface area contributed by atoms with Crippen LogP contribution in [0, 0.1) is 6.07 Å². The Morgan fingerprint density at radius 3 is 1.82 bits per heavy atom. The molecular weight excluding hydrogens is 854 g/mol. The Labute approximate surface area is 338 Å². The average Bonchev–Trinajstić information content (AvgIpc) is 3.57. The van der Waals surface area contributed by atoms with Gasteiger partial charge in [-0.25, -0.2) is 4.98 Å². The van der Waals surface area contributed by atoms with E-state index in [-0.39, 0.29) is 37.6 Å². The first-order chi connectivity index (χ1) is 26.0. The van der Waals surface area contributed by atoms with Crippen molar-refractivity contribution in [3.8, 4) is 67.5 Å². The molecule has 0 aliphatic rings. The third-order valence-electron chi connectivity index (χ3n) is 10.1. The van der Waals surface area contributed by atoms with Gasteiger partial charge in [0.15, 0.2) is 0 Å². The van der Waals surface area contributed by atoms with Crippen LogP contribution in [0.2, 0.25) is 0 Å². The van der Waals surface area contributed by atoms with Crippen molar-refractivity contribution < 1.29 is 26.2 Å². The van der Waals surface area contributed by atoms with Crippen LogP contribution >= 0.6 is 0 Å². The van der Waals surface area contributed by atoms with Crippen LogP contribution < -0.4 is 0 Å². The van der Waals surface area contributed by atoms with Crippen molar-refractivity contribution in [2.45, 2.75) is 52.4 Å². The third-order valence-corrected chi connectivity index (χ3v) is 10.1. The molecule has 0 saturated carbocycles. The zero-order valence-electron chi connectivity index (χ0n) is 32.0. The van der Waals surface area contributed by atoms with E-state index >= 15 is 0 Å². The minimum Gasteiger partial charge on any atom is -0.507 e. The molecule has 0 aliphatic heterocycles. The number of para-hydroxylation sites is 2. The second-order valence-corrected chi connectivity index (χ2v) is 16.1. The van der Waals surface area contributed by atoms with Crippen molar-refractivity contribution in [1.82, 2.24) is 14.5 Å². The second kappa shape index (κ2) is 14.9. The number of benzene rings is 6. The standard InChI is InChI=1S/C50H44N3O.Pt/c1-49(2,3)39-31-42(47(54)43(32-39)50(4,5)6)48-52-46-41(23-16-24-45(46)53(48)40-21-14-9-15-22-40)37-27-36(34-19-12-8-13-20-34)28-38(29-37)44-30-35(25-26-51-44)33-17-10-7-11-18-33;/h7-28,30-32,54H,1-6H3;/q-1;. The number of rotatable bonds is 6. The summed E-state index contributed by atoms with van der Waals surface area (Å²) in [6.07, 6.45) is 1.87. The van der Waals surface area contributed by atoms with Gasteiger partial charge in [-0.1, -0.05) is 161 Å². The minimum absolute atomic E-state index is 0.